The Morgan fingerprint density at radius 1 is 1.64 bits per heavy atom. The van der Waals surface area contributed by atoms with E-state index < -0.39 is 0 Å². The summed E-state index contributed by atoms with van der Waals surface area (Å²) < 4.78 is 0.913. The molecule has 1 N–H and O–H groups in total. The standard InChI is InChI=1S/C10H12BrClOS/c1-5(6-2-3-6)9(13)8-4-7(12)10(11)14-8/h4-6,9,13H,2-3H2,1H3. The molecule has 4 heteroatoms. The fourth-order valence-corrected chi connectivity index (χ4v) is 3.50. The zero-order chi connectivity index (χ0) is 10.3. The fraction of sp³-hybridized carbons (Fsp3) is 0.600. The fourth-order valence-electron chi connectivity index (χ4n) is 1.65. The van der Waals surface area contributed by atoms with E-state index in [2.05, 4.69) is 22.9 Å². The summed E-state index contributed by atoms with van der Waals surface area (Å²) >= 11 is 10.8. The molecule has 14 heavy (non-hydrogen) atoms. The average Bonchev–Trinajstić information content (AvgIpc) is 2.93. The van der Waals surface area contributed by atoms with Gasteiger partial charge in [0.05, 0.1) is 14.9 Å². The first kappa shape index (κ1) is 10.9. The molecule has 0 radical (unpaired) electrons. The summed E-state index contributed by atoms with van der Waals surface area (Å²) in [6.07, 6.45) is 2.17. The Bertz CT molecular complexity index is 315. The maximum absolute atomic E-state index is 10.1. The van der Waals surface area contributed by atoms with Gasteiger partial charge in [0.1, 0.15) is 0 Å². The molecule has 78 valence electrons. The number of thiophene rings is 1. The summed E-state index contributed by atoms with van der Waals surface area (Å²) in [5.74, 6) is 1.07. The molecule has 0 amide bonds. The van der Waals surface area contributed by atoms with Crippen molar-refractivity contribution in [3.8, 4) is 0 Å². The van der Waals surface area contributed by atoms with Crippen LogP contribution in [0.5, 0.6) is 0 Å². The van der Waals surface area contributed by atoms with E-state index in [1.807, 2.05) is 6.07 Å². The average molecular weight is 296 g/mol. The van der Waals surface area contributed by atoms with Crippen molar-refractivity contribution in [3.05, 3.63) is 19.8 Å². The zero-order valence-corrected chi connectivity index (χ0v) is 11.0. The van der Waals surface area contributed by atoms with Crippen LogP contribution in [-0.4, -0.2) is 5.11 Å². The van der Waals surface area contributed by atoms with Gasteiger partial charge in [0.15, 0.2) is 0 Å². The molecule has 1 aliphatic rings. The second-order valence-corrected chi connectivity index (χ2v) is 6.72. The van der Waals surface area contributed by atoms with E-state index in [0.717, 1.165) is 8.66 Å². The van der Waals surface area contributed by atoms with Gasteiger partial charge in [-0.15, -0.1) is 11.3 Å². The van der Waals surface area contributed by atoms with Crippen LogP contribution in [0, 0.1) is 11.8 Å². The third-order valence-electron chi connectivity index (χ3n) is 2.82. The van der Waals surface area contributed by atoms with Crippen molar-refractivity contribution in [2.75, 3.05) is 0 Å². The summed E-state index contributed by atoms with van der Waals surface area (Å²) in [4.78, 5) is 0.973. The molecule has 1 aromatic rings. The van der Waals surface area contributed by atoms with E-state index in [-0.39, 0.29) is 6.10 Å². The summed E-state index contributed by atoms with van der Waals surface area (Å²) in [6.45, 7) is 2.11. The third kappa shape index (κ3) is 2.16. The topological polar surface area (TPSA) is 20.2 Å². The molecule has 1 aliphatic carbocycles. The first-order valence-electron chi connectivity index (χ1n) is 4.72. The summed E-state index contributed by atoms with van der Waals surface area (Å²) in [7, 11) is 0. The zero-order valence-electron chi connectivity index (χ0n) is 7.84. The second kappa shape index (κ2) is 4.12. The summed E-state index contributed by atoms with van der Waals surface area (Å²) in [5.41, 5.74) is 0. The Balaban J connectivity index is 2.13. The van der Waals surface area contributed by atoms with E-state index in [4.69, 9.17) is 11.6 Å². The Morgan fingerprint density at radius 3 is 2.71 bits per heavy atom. The van der Waals surface area contributed by atoms with Crippen LogP contribution in [0.15, 0.2) is 9.85 Å². The van der Waals surface area contributed by atoms with E-state index in [0.29, 0.717) is 16.9 Å². The van der Waals surface area contributed by atoms with Crippen molar-refractivity contribution in [1.29, 1.82) is 0 Å². The highest BCUT2D eigenvalue weighted by molar-refractivity contribution is 9.11. The molecule has 2 atom stereocenters. The first-order valence-corrected chi connectivity index (χ1v) is 6.71. The Kier molecular flexibility index (Phi) is 3.22. The normalized spacial score (nSPS) is 20.9. The lowest BCUT2D eigenvalue weighted by Crippen LogP contribution is -2.09. The minimum Gasteiger partial charge on any atom is -0.387 e. The number of rotatable bonds is 3. The molecule has 0 bridgehead atoms. The SMILES string of the molecule is CC(C1CC1)C(O)c1cc(Cl)c(Br)s1. The van der Waals surface area contributed by atoms with Crippen molar-refractivity contribution >= 4 is 38.9 Å². The lowest BCUT2D eigenvalue weighted by molar-refractivity contribution is 0.109. The van der Waals surface area contributed by atoms with E-state index in [9.17, 15) is 5.11 Å². The summed E-state index contributed by atoms with van der Waals surface area (Å²) in [5, 5.41) is 10.8. The molecular formula is C10H12BrClOS. The van der Waals surface area contributed by atoms with Crippen LogP contribution in [0.1, 0.15) is 30.7 Å². The Hall–Kier alpha value is 0.430. The van der Waals surface area contributed by atoms with Crippen LogP contribution in [0.2, 0.25) is 5.02 Å². The van der Waals surface area contributed by atoms with Gasteiger partial charge in [0.25, 0.3) is 0 Å². The van der Waals surface area contributed by atoms with Gasteiger partial charge in [-0.3, -0.25) is 0 Å². The Morgan fingerprint density at radius 2 is 2.29 bits per heavy atom. The van der Waals surface area contributed by atoms with Crippen LogP contribution in [0.4, 0.5) is 0 Å². The van der Waals surface area contributed by atoms with Gasteiger partial charge in [-0.05, 0) is 46.7 Å². The highest BCUT2D eigenvalue weighted by Gasteiger charge is 2.33. The largest absolute Gasteiger partial charge is 0.387 e. The van der Waals surface area contributed by atoms with Gasteiger partial charge < -0.3 is 5.11 Å². The van der Waals surface area contributed by atoms with Gasteiger partial charge in [-0.2, -0.15) is 0 Å². The number of aliphatic hydroxyl groups excluding tert-OH is 1. The van der Waals surface area contributed by atoms with Crippen LogP contribution >= 0.6 is 38.9 Å². The van der Waals surface area contributed by atoms with Crippen molar-refractivity contribution < 1.29 is 5.11 Å². The highest BCUT2D eigenvalue weighted by atomic mass is 79.9. The monoisotopic (exact) mass is 294 g/mol. The van der Waals surface area contributed by atoms with Crippen LogP contribution in [-0.2, 0) is 0 Å². The van der Waals surface area contributed by atoms with E-state index in [1.54, 1.807) is 0 Å². The minimum absolute atomic E-state index is 0.351. The van der Waals surface area contributed by atoms with Crippen molar-refractivity contribution in [2.24, 2.45) is 11.8 Å². The summed E-state index contributed by atoms with van der Waals surface area (Å²) in [6, 6.07) is 1.86. The molecule has 0 aromatic carbocycles. The maximum Gasteiger partial charge on any atom is 0.0910 e. The molecule has 1 saturated carbocycles. The number of hydrogen-bond donors (Lipinski definition) is 1. The Labute approximate surface area is 101 Å². The first-order chi connectivity index (χ1) is 6.59. The molecule has 1 fully saturated rings. The van der Waals surface area contributed by atoms with Crippen molar-refractivity contribution in [2.45, 2.75) is 25.9 Å². The smallest absolute Gasteiger partial charge is 0.0910 e. The second-order valence-electron chi connectivity index (χ2n) is 3.91. The van der Waals surface area contributed by atoms with Crippen LogP contribution in [0.25, 0.3) is 0 Å². The molecule has 0 saturated heterocycles. The maximum atomic E-state index is 10.1. The molecule has 2 rings (SSSR count). The molecule has 0 aliphatic heterocycles. The lowest BCUT2D eigenvalue weighted by Gasteiger charge is -2.16. The highest BCUT2D eigenvalue weighted by Crippen LogP contribution is 2.45. The van der Waals surface area contributed by atoms with Crippen molar-refractivity contribution in [1.82, 2.24) is 0 Å². The molecule has 1 aromatic heterocycles. The van der Waals surface area contributed by atoms with Crippen LogP contribution < -0.4 is 0 Å². The molecule has 1 nitrogen and oxygen atoms in total. The predicted molar refractivity (Wildman–Crippen MR) is 63.9 cm³/mol. The van der Waals surface area contributed by atoms with Gasteiger partial charge >= 0.3 is 0 Å². The van der Waals surface area contributed by atoms with Gasteiger partial charge in [-0.25, -0.2) is 0 Å². The predicted octanol–water partition coefficient (Wildman–Crippen LogP) is 4.24. The molecule has 1 heterocycles. The van der Waals surface area contributed by atoms with Gasteiger partial charge in [0.2, 0.25) is 0 Å². The minimum atomic E-state index is -0.351. The van der Waals surface area contributed by atoms with E-state index >= 15 is 0 Å². The quantitative estimate of drug-likeness (QED) is 0.884. The number of hydrogen-bond acceptors (Lipinski definition) is 2. The molecule has 0 spiro atoms. The third-order valence-corrected chi connectivity index (χ3v) is 5.36. The lowest BCUT2D eigenvalue weighted by atomic mass is 9.98. The van der Waals surface area contributed by atoms with Crippen LogP contribution in [0.3, 0.4) is 0 Å². The molecular weight excluding hydrogens is 284 g/mol. The van der Waals surface area contributed by atoms with Gasteiger partial charge in [0, 0.05) is 4.88 Å². The number of aliphatic hydroxyl groups is 1. The van der Waals surface area contributed by atoms with Crippen molar-refractivity contribution in [3.63, 3.8) is 0 Å². The number of halogens is 2. The van der Waals surface area contributed by atoms with Gasteiger partial charge in [-0.1, -0.05) is 18.5 Å². The van der Waals surface area contributed by atoms with E-state index in [1.165, 1.54) is 24.2 Å². The molecule has 2 unspecified atom stereocenters.